The van der Waals surface area contributed by atoms with Crippen LogP contribution in [-0.4, -0.2) is 32.9 Å². The van der Waals surface area contributed by atoms with Crippen molar-refractivity contribution < 1.29 is 22.7 Å². The number of benzene rings is 3. The zero-order valence-corrected chi connectivity index (χ0v) is 20.5. The third kappa shape index (κ3) is 5.38. The zero-order chi connectivity index (χ0) is 25.0. The largest absolute Gasteiger partial charge is 0.462 e. The third-order valence-electron chi connectivity index (χ3n) is 5.92. The van der Waals surface area contributed by atoms with E-state index in [-0.39, 0.29) is 16.8 Å². The monoisotopic (exact) mass is 492 g/mol. The molecule has 3 aromatic rings. The normalized spacial score (nSPS) is 14.9. The Morgan fingerprint density at radius 3 is 2.40 bits per heavy atom. The van der Waals surface area contributed by atoms with Crippen LogP contribution in [0.3, 0.4) is 0 Å². The predicted molar refractivity (Wildman–Crippen MR) is 135 cm³/mol. The minimum atomic E-state index is -3.86. The quantitative estimate of drug-likeness (QED) is 0.351. The fourth-order valence-electron chi connectivity index (χ4n) is 4.08. The minimum absolute atomic E-state index is 0.0896. The molecule has 0 saturated heterocycles. The molecule has 0 bridgehead atoms. The highest BCUT2D eigenvalue weighted by molar-refractivity contribution is 7.92. The molecule has 0 fully saturated rings. The number of nitrogens with zero attached hydrogens (tertiary/aromatic N) is 1. The number of anilines is 2. The molecule has 1 N–H and O–H groups in total. The average molecular weight is 493 g/mol. The van der Waals surface area contributed by atoms with Crippen LogP contribution >= 0.6 is 0 Å². The van der Waals surface area contributed by atoms with E-state index in [2.05, 4.69) is 4.72 Å². The van der Waals surface area contributed by atoms with Crippen molar-refractivity contribution in [1.29, 1.82) is 0 Å². The molecule has 3 aromatic carbocycles. The van der Waals surface area contributed by atoms with E-state index < -0.39 is 16.0 Å². The third-order valence-corrected chi connectivity index (χ3v) is 7.30. The van der Waals surface area contributed by atoms with Gasteiger partial charge in [0.15, 0.2) is 0 Å². The van der Waals surface area contributed by atoms with Gasteiger partial charge in [0.25, 0.3) is 15.9 Å². The molecule has 0 saturated carbocycles. The van der Waals surface area contributed by atoms with E-state index >= 15 is 0 Å². The number of unbranched alkanes of at least 4 members (excludes halogenated alkanes) is 1. The van der Waals surface area contributed by atoms with Gasteiger partial charge in [-0.1, -0.05) is 31.5 Å². The molecule has 1 atom stereocenters. The lowest BCUT2D eigenvalue weighted by molar-refractivity contribution is 0.0499. The van der Waals surface area contributed by atoms with Crippen LogP contribution in [0.4, 0.5) is 11.4 Å². The topological polar surface area (TPSA) is 92.8 Å². The van der Waals surface area contributed by atoms with E-state index in [4.69, 9.17) is 4.74 Å². The van der Waals surface area contributed by atoms with Gasteiger partial charge in [0.2, 0.25) is 0 Å². The van der Waals surface area contributed by atoms with E-state index in [9.17, 15) is 18.0 Å². The van der Waals surface area contributed by atoms with Gasteiger partial charge in [-0.05, 0) is 79.9 Å². The molecule has 8 heteroatoms. The number of rotatable bonds is 8. The maximum atomic E-state index is 13.1. The first kappa shape index (κ1) is 24.5. The molecule has 0 aromatic heterocycles. The first-order chi connectivity index (χ1) is 16.8. The van der Waals surface area contributed by atoms with Crippen molar-refractivity contribution in [2.24, 2.45) is 0 Å². The summed E-state index contributed by atoms with van der Waals surface area (Å²) in [6, 6.07) is 19.9. The molecule has 7 nitrogen and oxygen atoms in total. The summed E-state index contributed by atoms with van der Waals surface area (Å²) >= 11 is 0. The second-order valence-electron chi connectivity index (χ2n) is 8.56. The minimum Gasteiger partial charge on any atom is -0.462 e. The molecule has 1 heterocycles. The standard InChI is InChI=1S/C27H28N2O5S/c1-3-4-16-34-27(31)21-10-12-23(13-11-21)28-35(32,33)24-14-15-25-22(18-24)17-19(2)29(25)26(30)20-8-6-5-7-9-20/h5-15,18-19,28H,3-4,16-17H2,1-2H3/t19-/m1/s1. The van der Waals surface area contributed by atoms with Crippen LogP contribution in [0.5, 0.6) is 0 Å². The number of hydrogen-bond acceptors (Lipinski definition) is 5. The highest BCUT2D eigenvalue weighted by Gasteiger charge is 2.32. The Morgan fingerprint density at radius 1 is 1.00 bits per heavy atom. The molecule has 182 valence electrons. The summed E-state index contributed by atoms with van der Waals surface area (Å²) in [6.07, 6.45) is 2.28. The van der Waals surface area contributed by atoms with Crippen LogP contribution in [-0.2, 0) is 21.2 Å². The lowest BCUT2D eigenvalue weighted by Crippen LogP contribution is -2.35. The molecular weight excluding hydrogens is 464 g/mol. The number of nitrogens with one attached hydrogen (secondary N) is 1. The number of ether oxygens (including phenoxy) is 1. The van der Waals surface area contributed by atoms with Crippen LogP contribution in [0.15, 0.2) is 77.7 Å². The van der Waals surface area contributed by atoms with Gasteiger partial charge < -0.3 is 9.64 Å². The first-order valence-electron chi connectivity index (χ1n) is 11.6. The summed E-state index contributed by atoms with van der Waals surface area (Å²) in [5.74, 6) is -0.547. The fourth-order valence-corrected chi connectivity index (χ4v) is 5.19. The smallest absolute Gasteiger partial charge is 0.338 e. The Balaban J connectivity index is 1.49. The Kier molecular flexibility index (Phi) is 7.21. The molecule has 4 rings (SSSR count). The highest BCUT2D eigenvalue weighted by Crippen LogP contribution is 2.35. The van der Waals surface area contributed by atoms with E-state index in [1.165, 1.54) is 30.3 Å². The van der Waals surface area contributed by atoms with Gasteiger partial charge in [-0.3, -0.25) is 9.52 Å². The van der Waals surface area contributed by atoms with Crippen molar-refractivity contribution in [1.82, 2.24) is 0 Å². The lowest BCUT2D eigenvalue weighted by Gasteiger charge is -2.23. The molecule has 1 aliphatic heterocycles. The summed E-state index contributed by atoms with van der Waals surface area (Å²) in [6.45, 7) is 4.31. The maximum absolute atomic E-state index is 13.1. The number of esters is 1. The van der Waals surface area contributed by atoms with Crippen LogP contribution in [0, 0.1) is 0 Å². The first-order valence-corrected chi connectivity index (χ1v) is 13.1. The lowest BCUT2D eigenvalue weighted by atomic mass is 10.1. The van der Waals surface area contributed by atoms with Crippen molar-refractivity contribution in [3.8, 4) is 0 Å². The summed E-state index contributed by atoms with van der Waals surface area (Å²) in [4.78, 5) is 26.9. The Labute approximate surface area is 205 Å². The van der Waals surface area contributed by atoms with Crippen LogP contribution in [0.25, 0.3) is 0 Å². The molecule has 35 heavy (non-hydrogen) atoms. The Bertz CT molecular complexity index is 1320. The number of amides is 1. The van der Waals surface area contributed by atoms with E-state index in [1.807, 2.05) is 32.0 Å². The summed E-state index contributed by atoms with van der Waals surface area (Å²) in [5.41, 5.74) is 2.80. The Morgan fingerprint density at radius 2 is 1.71 bits per heavy atom. The molecule has 1 amide bonds. The van der Waals surface area contributed by atoms with E-state index in [0.29, 0.717) is 29.8 Å². The molecule has 1 aliphatic rings. The molecular formula is C27H28N2O5S. The second-order valence-corrected chi connectivity index (χ2v) is 10.2. The van der Waals surface area contributed by atoms with Crippen LogP contribution in [0.1, 0.15) is 53.0 Å². The summed E-state index contributed by atoms with van der Waals surface area (Å²) < 4.78 is 33.8. The van der Waals surface area contributed by atoms with Crippen molar-refractivity contribution in [2.45, 2.75) is 44.0 Å². The van der Waals surface area contributed by atoms with Gasteiger partial charge in [-0.15, -0.1) is 0 Å². The van der Waals surface area contributed by atoms with Crippen molar-refractivity contribution >= 4 is 33.3 Å². The number of hydrogen-bond donors (Lipinski definition) is 1. The van der Waals surface area contributed by atoms with Crippen LogP contribution in [0.2, 0.25) is 0 Å². The van der Waals surface area contributed by atoms with Gasteiger partial charge in [-0.25, -0.2) is 13.2 Å². The van der Waals surface area contributed by atoms with Gasteiger partial charge in [-0.2, -0.15) is 0 Å². The molecule has 0 aliphatic carbocycles. The van der Waals surface area contributed by atoms with Crippen molar-refractivity contribution in [3.63, 3.8) is 0 Å². The van der Waals surface area contributed by atoms with Gasteiger partial charge in [0.1, 0.15) is 0 Å². The number of sulfonamides is 1. The second kappa shape index (κ2) is 10.3. The predicted octanol–water partition coefficient (Wildman–Crippen LogP) is 5.04. The summed E-state index contributed by atoms with van der Waals surface area (Å²) in [5, 5.41) is 0. The fraction of sp³-hybridized carbons (Fsp3) is 0.259. The molecule has 0 radical (unpaired) electrons. The van der Waals surface area contributed by atoms with Crippen LogP contribution < -0.4 is 9.62 Å². The molecule has 0 spiro atoms. The zero-order valence-electron chi connectivity index (χ0n) is 19.7. The van der Waals surface area contributed by atoms with Gasteiger partial charge >= 0.3 is 5.97 Å². The van der Waals surface area contributed by atoms with E-state index in [1.54, 1.807) is 29.2 Å². The average Bonchev–Trinajstić information content (AvgIpc) is 3.19. The Hall–Kier alpha value is -3.65. The number of carbonyl (C=O) groups excluding carboxylic acids is 2. The molecule has 0 unspecified atom stereocenters. The number of carbonyl (C=O) groups is 2. The SMILES string of the molecule is CCCCOC(=O)c1ccc(NS(=O)(=O)c2ccc3c(c2)C[C@@H](C)N3C(=O)c2ccccc2)cc1. The van der Waals surface area contributed by atoms with Gasteiger partial charge in [0, 0.05) is 23.0 Å². The maximum Gasteiger partial charge on any atom is 0.338 e. The van der Waals surface area contributed by atoms with E-state index in [0.717, 1.165) is 24.1 Å². The highest BCUT2D eigenvalue weighted by atomic mass is 32.2. The van der Waals surface area contributed by atoms with Gasteiger partial charge in [0.05, 0.1) is 17.1 Å². The van der Waals surface area contributed by atoms with Crippen molar-refractivity contribution in [3.05, 3.63) is 89.5 Å². The number of fused-ring (bicyclic) bond motifs is 1. The van der Waals surface area contributed by atoms with Crippen molar-refractivity contribution in [2.75, 3.05) is 16.2 Å². The summed E-state index contributed by atoms with van der Waals surface area (Å²) in [7, 11) is -3.86.